The first-order valence-corrected chi connectivity index (χ1v) is 26.9. The lowest BCUT2D eigenvalue weighted by molar-refractivity contribution is -0.308. The number of hydrogen-bond donors (Lipinski definition) is 2. The van der Waals surface area contributed by atoms with Crippen LogP contribution in [0.2, 0.25) is 18.1 Å². The first kappa shape index (κ1) is 58.7. The van der Waals surface area contributed by atoms with Crippen molar-refractivity contribution in [3.8, 4) is 0 Å². The van der Waals surface area contributed by atoms with Crippen LogP contribution in [0, 0.1) is 23.7 Å². The van der Waals surface area contributed by atoms with Crippen LogP contribution in [-0.2, 0) is 66.2 Å². The SMILES string of the molecule is CC[C@H]1OC(=O)C[C@@H](O)[C@H](C)[C@@H](OC2O[C@H](C)[C@@H](OC(C)=O)[C@H](N(C)C)[C@H]2OC(C)=O)[C@@H](CCO)C[C@@H](C)C(=O)/C=C/C(C)=C/[C@@H]1COC1O[C@H](C)[C@@H](O[Si](CC)(CC)CC)[C@@H](OC)[C@H]1OC. The Bertz CT molecular complexity index is 1620. The van der Waals surface area contributed by atoms with E-state index in [1.807, 2.05) is 26.8 Å². The average Bonchev–Trinajstić information content (AvgIpc) is 3.27. The second kappa shape index (κ2) is 27.7. The van der Waals surface area contributed by atoms with Crippen LogP contribution in [0.3, 0.4) is 0 Å². The van der Waals surface area contributed by atoms with Gasteiger partial charge in [-0.05, 0) is 84.3 Å². The number of esters is 3. The topological polar surface area (TPSA) is 204 Å². The largest absolute Gasteiger partial charge is 0.462 e. The standard InChI is InChI=1S/C49H85NO16Si/c1-16-39-36(27-59-48-47(58-15)46(57-14)44(32(9)60-48)66-67(17-2,18-3)19-4)24-28(5)20-21-37(54)29(6)25-35(22-23-51)42(30(7)38(55)26-40(56)64-39)65-49-45(63-34(11)53)41(50(12)13)43(31(8)61-49)62-33(10)52/h20-21,24,29-32,35-36,38-39,41-49,51,55H,16-19,22-23,25-27H2,1-15H3/b21-20+,28-24+/t29-,30+,31-,32-,35+,36-,38-,39-,41+,42-,43-,44-,45-,46-,47-,48?,49?/m1/s1. The maximum atomic E-state index is 14.0. The molecule has 386 valence electrons. The molecule has 3 aliphatic rings. The molecule has 0 bridgehead atoms. The number of carbonyl (C=O) groups is 4. The molecule has 0 spiro atoms. The smallest absolute Gasteiger partial charge is 0.308 e. The summed E-state index contributed by atoms with van der Waals surface area (Å²) in [6.45, 7) is 19.7. The van der Waals surface area contributed by atoms with E-state index in [9.17, 15) is 29.4 Å². The molecule has 3 rings (SSSR count). The van der Waals surface area contributed by atoms with E-state index in [0.29, 0.717) is 6.42 Å². The summed E-state index contributed by atoms with van der Waals surface area (Å²) in [6, 6.07) is 2.17. The van der Waals surface area contributed by atoms with E-state index < -0.39 is 124 Å². The second-order valence-corrected chi connectivity index (χ2v) is 23.7. The van der Waals surface area contributed by atoms with Gasteiger partial charge in [-0.25, -0.2) is 0 Å². The molecule has 0 radical (unpaired) electrons. The van der Waals surface area contributed by atoms with Gasteiger partial charge in [0, 0.05) is 52.4 Å². The number of cyclic esters (lactones) is 1. The molecule has 0 saturated carbocycles. The number of ether oxygens (including phenoxy) is 9. The molecular weight excluding hydrogens is 887 g/mol. The number of rotatable bonds is 18. The van der Waals surface area contributed by atoms with E-state index in [0.717, 1.165) is 23.7 Å². The molecule has 2 N–H and O–H groups in total. The fraction of sp³-hybridized carbons (Fsp3) is 0.837. The first-order chi connectivity index (χ1) is 31.6. The molecule has 2 unspecified atom stereocenters. The minimum absolute atomic E-state index is 0.0470. The lowest BCUT2D eigenvalue weighted by atomic mass is 9.79. The number of aliphatic hydroxyl groups excluding tert-OH is 2. The normalized spacial score (nSPS) is 37.6. The molecule has 3 aliphatic heterocycles. The van der Waals surface area contributed by atoms with Crippen LogP contribution in [-0.4, -0.2) is 168 Å². The fourth-order valence-corrected chi connectivity index (χ4v) is 12.8. The molecule has 0 aliphatic carbocycles. The van der Waals surface area contributed by atoms with Gasteiger partial charge in [-0.3, -0.25) is 24.1 Å². The Hall–Kier alpha value is -2.62. The molecule has 0 aromatic rings. The first-order valence-electron chi connectivity index (χ1n) is 24.4. The van der Waals surface area contributed by atoms with Gasteiger partial charge in [0.25, 0.3) is 0 Å². The quantitative estimate of drug-likeness (QED) is 0.0985. The maximum Gasteiger partial charge on any atom is 0.308 e. The van der Waals surface area contributed by atoms with Crippen molar-refractivity contribution in [1.29, 1.82) is 0 Å². The van der Waals surface area contributed by atoms with E-state index >= 15 is 0 Å². The summed E-state index contributed by atoms with van der Waals surface area (Å²) in [6.07, 6.45) is -4.14. The van der Waals surface area contributed by atoms with Gasteiger partial charge in [0.2, 0.25) is 0 Å². The van der Waals surface area contributed by atoms with Crippen LogP contribution < -0.4 is 0 Å². The summed E-state index contributed by atoms with van der Waals surface area (Å²) < 4.78 is 62.8. The number of carbonyl (C=O) groups excluding carboxylic acids is 4. The van der Waals surface area contributed by atoms with Gasteiger partial charge in [-0.2, -0.15) is 0 Å². The second-order valence-electron chi connectivity index (χ2n) is 19.0. The highest BCUT2D eigenvalue weighted by Crippen LogP contribution is 2.37. The number of nitrogens with zero attached hydrogens (tertiary/aromatic N) is 1. The number of likely N-dealkylation sites (N-methyl/N-ethyl adjacent to an activating group) is 1. The Balaban J connectivity index is 2.01. The highest BCUT2D eigenvalue weighted by Gasteiger charge is 2.52. The number of allylic oxidation sites excluding steroid dienone is 3. The fourth-order valence-electron chi connectivity index (χ4n) is 9.92. The molecule has 3 heterocycles. The molecule has 2 fully saturated rings. The Kier molecular flexibility index (Phi) is 24.3. The van der Waals surface area contributed by atoms with Crippen molar-refractivity contribution in [3.63, 3.8) is 0 Å². The number of methoxy groups -OCH3 is 2. The summed E-state index contributed by atoms with van der Waals surface area (Å²) in [7, 11) is 4.66. The van der Waals surface area contributed by atoms with Crippen molar-refractivity contribution < 1.29 is 76.4 Å². The predicted octanol–water partition coefficient (Wildman–Crippen LogP) is 5.53. The van der Waals surface area contributed by atoms with Crippen molar-refractivity contribution >= 4 is 32.0 Å². The monoisotopic (exact) mass is 972 g/mol. The van der Waals surface area contributed by atoms with Crippen LogP contribution in [0.1, 0.15) is 102 Å². The number of ketones is 1. The van der Waals surface area contributed by atoms with Crippen LogP contribution >= 0.6 is 0 Å². The molecule has 2 saturated heterocycles. The Morgan fingerprint density at radius 1 is 0.821 bits per heavy atom. The Morgan fingerprint density at radius 3 is 1.94 bits per heavy atom. The van der Waals surface area contributed by atoms with Crippen molar-refractivity contribution in [2.75, 3.05) is 41.5 Å². The zero-order valence-electron chi connectivity index (χ0n) is 43.0. The van der Waals surface area contributed by atoms with E-state index in [2.05, 4.69) is 20.8 Å². The van der Waals surface area contributed by atoms with Crippen molar-refractivity contribution in [2.24, 2.45) is 23.7 Å². The van der Waals surface area contributed by atoms with Gasteiger partial charge in [-0.1, -0.05) is 59.3 Å². The zero-order valence-corrected chi connectivity index (χ0v) is 44.0. The zero-order chi connectivity index (χ0) is 50.3. The van der Waals surface area contributed by atoms with Gasteiger partial charge in [0.1, 0.15) is 24.4 Å². The third-order valence-electron chi connectivity index (χ3n) is 14.0. The van der Waals surface area contributed by atoms with Gasteiger partial charge < -0.3 is 57.3 Å². The minimum atomic E-state index is -2.06. The highest BCUT2D eigenvalue weighted by molar-refractivity contribution is 6.73. The van der Waals surface area contributed by atoms with Crippen molar-refractivity contribution in [3.05, 3.63) is 23.8 Å². The summed E-state index contributed by atoms with van der Waals surface area (Å²) >= 11 is 0. The van der Waals surface area contributed by atoms with E-state index in [1.165, 1.54) is 19.9 Å². The Labute approximate surface area is 400 Å². The molecule has 0 aromatic carbocycles. The molecule has 0 aromatic heterocycles. The lowest BCUT2D eigenvalue weighted by Gasteiger charge is -2.48. The Morgan fingerprint density at radius 2 is 1.40 bits per heavy atom. The summed E-state index contributed by atoms with van der Waals surface area (Å²) in [5.41, 5.74) is 0.726. The summed E-state index contributed by atoms with van der Waals surface area (Å²) in [4.78, 5) is 54.4. The van der Waals surface area contributed by atoms with Crippen LogP contribution in [0.4, 0.5) is 0 Å². The molecule has 17 atom stereocenters. The number of hydrogen-bond acceptors (Lipinski definition) is 17. The van der Waals surface area contributed by atoms with Gasteiger partial charge >= 0.3 is 17.9 Å². The molecular formula is C49H85NO16Si. The summed E-state index contributed by atoms with van der Waals surface area (Å²) in [5.74, 6) is -4.45. The minimum Gasteiger partial charge on any atom is -0.462 e. The maximum absolute atomic E-state index is 14.0. The van der Waals surface area contributed by atoms with Crippen LogP contribution in [0.15, 0.2) is 23.8 Å². The average molecular weight is 972 g/mol. The van der Waals surface area contributed by atoms with E-state index in [1.54, 1.807) is 60.1 Å². The van der Waals surface area contributed by atoms with Crippen molar-refractivity contribution in [1.82, 2.24) is 4.90 Å². The molecule has 18 heteroatoms. The highest BCUT2D eigenvalue weighted by atomic mass is 28.4. The van der Waals surface area contributed by atoms with Gasteiger partial charge in [0.15, 0.2) is 32.8 Å². The summed E-state index contributed by atoms with van der Waals surface area (Å²) in [5, 5.41) is 22.3. The predicted molar refractivity (Wildman–Crippen MR) is 252 cm³/mol. The van der Waals surface area contributed by atoms with E-state index in [4.69, 9.17) is 47.1 Å². The lowest BCUT2D eigenvalue weighted by Crippen LogP contribution is -2.65. The molecule has 17 nitrogen and oxygen atoms in total. The molecule has 0 amide bonds. The van der Waals surface area contributed by atoms with Gasteiger partial charge in [0.05, 0.1) is 49.6 Å². The van der Waals surface area contributed by atoms with Crippen molar-refractivity contribution in [2.45, 2.75) is 200 Å². The third-order valence-corrected chi connectivity index (χ3v) is 18.7. The van der Waals surface area contributed by atoms with Crippen LogP contribution in [0.25, 0.3) is 0 Å². The third kappa shape index (κ3) is 15.9. The van der Waals surface area contributed by atoms with Crippen LogP contribution in [0.5, 0.6) is 0 Å². The van der Waals surface area contributed by atoms with Gasteiger partial charge in [-0.15, -0.1) is 0 Å². The van der Waals surface area contributed by atoms with E-state index in [-0.39, 0.29) is 44.0 Å². The number of aliphatic hydroxyl groups is 2. The molecule has 67 heavy (non-hydrogen) atoms.